The lowest BCUT2D eigenvalue weighted by atomic mass is 10.1. The Balaban J connectivity index is 1.78. The maximum Gasteiger partial charge on any atom is 0.405 e. The number of amides is 3. The van der Waals surface area contributed by atoms with E-state index < -0.39 is 31.2 Å². The Morgan fingerprint density at radius 1 is 1.17 bits per heavy atom. The number of aryl methyl sites for hydroxylation is 1. The number of alkyl halides is 3. The van der Waals surface area contributed by atoms with Crippen molar-refractivity contribution in [2.24, 2.45) is 0 Å². The number of carbonyl (C=O) groups is 2. The molecule has 0 saturated heterocycles. The molecule has 0 spiro atoms. The van der Waals surface area contributed by atoms with Crippen LogP contribution in [-0.2, 0) is 11.2 Å². The zero-order valence-corrected chi connectivity index (χ0v) is 15.8. The summed E-state index contributed by atoms with van der Waals surface area (Å²) >= 11 is 0. The van der Waals surface area contributed by atoms with Gasteiger partial charge in [0.25, 0.3) is 0 Å². The van der Waals surface area contributed by atoms with Crippen LogP contribution in [0.2, 0.25) is 0 Å². The normalized spacial score (nSPS) is 10.9. The van der Waals surface area contributed by atoms with Crippen molar-refractivity contribution >= 4 is 17.8 Å². The number of rotatable bonds is 8. The summed E-state index contributed by atoms with van der Waals surface area (Å²) in [6, 6.07) is 10.4. The Labute approximate surface area is 170 Å². The van der Waals surface area contributed by atoms with Gasteiger partial charge in [-0.2, -0.15) is 23.5 Å². The first-order chi connectivity index (χ1) is 14.2. The second-order valence-corrected chi connectivity index (χ2v) is 6.17. The fraction of sp³-hybridized carbons (Fsp3) is 0.333. The van der Waals surface area contributed by atoms with E-state index in [0.29, 0.717) is 24.2 Å². The Bertz CT molecular complexity index is 920. The van der Waals surface area contributed by atoms with E-state index in [-0.39, 0.29) is 17.9 Å². The minimum atomic E-state index is -4.52. The number of hydrogen-bond acceptors (Lipinski definition) is 5. The molecule has 2 rings (SSSR count). The molecule has 3 amide bonds. The highest BCUT2D eigenvalue weighted by Gasteiger charge is 2.27. The van der Waals surface area contributed by atoms with Gasteiger partial charge in [0.05, 0.1) is 17.9 Å². The van der Waals surface area contributed by atoms with E-state index in [0.717, 1.165) is 0 Å². The number of para-hydroxylation sites is 1. The third-order valence-corrected chi connectivity index (χ3v) is 3.88. The van der Waals surface area contributed by atoms with Crippen LogP contribution in [0.15, 0.2) is 30.3 Å². The third-order valence-electron chi connectivity index (χ3n) is 3.88. The molecule has 0 unspecified atom stereocenters. The summed E-state index contributed by atoms with van der Waals surface area (Å²) in [6.07, 6.45) is -3.73. The van der Waals surface area contributed by atoms with Gasteiger partial charge in [-0.3, -0.25) is 4.79 Å². The molecule has 0 aliphatic rings. The highest BCUT2D eigenvalue weighted by Crippen LogP contribution is 2.21. The Hall–Kier alpha value is -3.75. The maximum absolute atomic E-state index is 12.0. The summed E-state index contributed by atoms with van der Waals surface area (Å²) < 4.78 is 37.4. The van der Waals surface area contributed by atoms with E-state index in [1.807, 2.05) is 24.3 Å². The molecule has 0 radical (unpaired) electrons. The van der Waals surface area contributed by atoms with E-state index in [4.69, 9.17) is 5.73 Å². The van der Waals surface area contributed by atoms with Gasteiger partial charge in [0, 0.05) is 6.54 Å². The van der Waals surface area contributed by atoms with Crippen molar-refractivity contribution < 1.29 is 22.8 Å². The lowest BCUT2D eigenvalue weighted by Crippen LogP contribution is -2.44. The molecule has 0 bridgehead atoms. The molecule has 0 saturated carbocycles. The summed E-state index contributed by atoms with van der Waals surface area (Å²) in [4.78, 5) is 22.8. The molecule has 0 aliphatic heterocycles. The molecule has 1 aromatic heterocycles. The van der Waals surface area contributed by atoms with Crippen molar-refractivity contribution in [2.45, 2.75) is 19.0 Å². The van der Waals surface area contributed by atoms with E-state index >= 15 is 0 Å². The molecule has 5 N–H and O–H groups in total. The highest BCUT2D eigenvalue weighted by molar-refractivity contribution is 5.83. The predicted molar refractivity (Wildman–Crippen MR) is 101 cm³/mol. The maximum atomic E-state index is 12.0. The van der Waals surface area contributed by atoms with E-state index in [2.05, 4.69) is 15.7 Å². The largest absolute Gasteiger partial charge is 0.405 e. The topological polar surface area (TPSA) is 138 Å². The fourth-order valence-corrected chi connectivity index (χ4v) is 2.48. The third kappa shape index (κ3) is 6.69. The van der Waals surface area contributed by atoms with Crippen molar-refractivity contribution in [3.05, 3.63) is 41.6 Å². The van der Waals surface area contributed by atoms with Gasteiger partial charge in [0.1, 0.15) is 24.0 Å². The van der Waals surface area contributed by atoms with Gasteiger partial charge in [0.2, 0.25) is 5.91 Å². The van der Waals surface area contributed by atoms with Crippen molar-refractivity contribution in [2.75, 3.05) is 25.4 Å². The molecule has 2 aromatic rings. The molecule has 0 aliphatic carbocycles. The number of aromatic nitrogens is 2. The van der Waals surface area contributed by atoms with Gasteiger partial charge in [0.15, 0.2) is 0 Å². The zero-order chi connectivity index (χ0) is 22.1. The summed E-state index contributed by atoms with van der Waals surface area (Å²) in [7, 11) is 0. The summed E-state index contributed by atoms with van der Waals surface area (Å²) in [5.74, 6) is -0.739. The van der Waals surface area contributed by atoms with E-state index in [1.165, 1.54) is 4.68 Å². The predicted octanol–water partition coefficient (Wildman–Crippen LogP) is 1.24. The number of halogens is 3. The lowest BCUT2D eigenvalue weighted by Gasteiger charge is -2.09. The van der Waals surface area contributed by atoms with Crippen LogP contribution < -0.4 is 21.7 Å². The number of nitrogen functional groups attached to an aromatic ring is 1. The quantitative estimate of drug-likeness (QED) is 0.473. The monoisotopic (exact) mass is 423 g/mol. The van der Waals surface area contributed by atoms with Crippen molar-refractivity contribution in [1.29, 1.82) is 5.26 Å². The van der Waals surface area contributed by atoms with E-state index in [1.54, 1.807) is 17.4 Å². The molecular formula is C18H20F3N7O2. The Kier molecular flexibility index (Phi) is 7.62. The SMILES string of the molecule is N#Cc1c(CCCNC(=O)NCC(=O)NCC(F)(F)F)nn(-c2ccccc2)c1N. The molecule has 0 fully saturated rings. The van der Waals surface area contributed by atoms with Gasteiger partial charge in [-0.1, -0.05) is 18.2 Å². The van der Waals surface area contributed by atoms with Crippen molar-refractivity contribution in [3.63, 3.8) is 0 Å². The number of nitrogens with two attached hydrogens (primary N) is 1. The standard InChI is InChI=1S/C18H20F3N7O2/c19-18(20,21)11-26-15(29)10-25-17(30)24-8-4-7-14-13(9-22)16(23)28(27-14)12-5-2-1-3-6-12/h1-3,5-6H,4,7-8,10-11,23H2,(H,26,29)(H2,24,25,30). The van der Waals surface area contributed by atoms with Crippen LogP contribution in [-0.4, -0.2) is 47.5 Å². The number of carbonyl (C=O) groups excluding carboxylic acids is 2. The smallest absolute Gasteiger partial charge is 0.382 e. The fourth-order valence-electron chi connectivity index (χ4n) is 2.48. The molecule has 0 atom stereocenters. The second-order valence-electron chi connectivity index (χ2n) is 6.17. The van der Waals surface area contributed by atoms with Crippen LogP contribution in [0.25, 0.3) is 5.69 Å². The minimum absolute atomic E-state index is 0.193. The van der Waals surface area contributed by atoms with Crippen LogP contribution in [0, 0.1) is 11.3 Å². The van der Waals surface area contributed by atoms with Crippen molar-refractivity contribution in [1.82, 2.24) is 25.7 Å². The summed E-state index contributed by atoms with van der Waals surface area (Å²) in [5.41, 5.74) is 7.45. The first-order valence-electron chi connectivity index (χ1n) is 8.89. The zero-order valence-electron chi connectivity index (χ0n) is 15.8. The average Bonchev–Trinajstić information content (AvgIpc) is 3.03. The number of nitrogens with zero attached hydrogens (tertiary/aromatic N) is 3. The molecule has 160 valence electrons. The number of hydrogen-bond donors (Lipinski definition) is 4. The first kappa shape index (κ1) is 22.5. The number of anilines is 1. The summed E-state index contributed by atoms with van der Waals surface area (Å²) in [5, 5.41) is 20.0. The van der Waals surface area contributed by atoms with Crippen LogP contribution >= 0.6 is 0 Å². The Morgan fingerprint density at radius 2 is 1.87 bits per heavy atom. The van der Waals surface area contributed by atoms with Gasteiger partial charge in [-0.05, 0) is 25.0 Å². The second kappa shape index (κ2) is 10.1. The molecule has 1 heterocycles. The van der Waals surface area contributed by atoms with Crippen LogP contribution in [0.1, 0.15) is 17.7 Å². The van der Waals surface area contributed by atoms with Gasteiger partial charge in [-0.15, -0.1) is 0 Å². The number of benzene rings is 1. The van der Waals surface area contributed by atoms with Gasteiger partial charge in [-0.25, -0.2) is 9.48 Å². The highest BCUT2D eigenvalue weighted by atomic mass is 19.4. The average molecular weight is 423 g/mol. The lowest BCUT2D eigenvalue weighted by molar-refractivity contribution is -0.137. The number of nitrogens with one attached hydrogen (secondary N) is 3. The first-order valence-corrected chi connectivity index (χ1v) is 8.89. The van der Waals surface area contributed by atoms with Crippen LogP contribution in [0.4, 0.5) is 23.8 Å². The summed E-state index contributed by atoms with van der Waals surface area (Å²) in [6.45, 7) is -1.85. The van der Waals surface area contributed by atoms with Crippen LogP contribution in [0.3, 0.4) is 0 Å². The molecule has 9 nitrogen and oxygen atoms in total. The van der Waals surface area contributed by atoms with Gasteiger partial charge < -0.3 is 21.7 Å². The molecular weight excluding hydrogens is 403 g/mol. The molecule has 1 aromatic carbocycles. The minimum Gasteiger partial charge on any atom is -0.382 e. The number of urea groups is 1. The van der Waals surface area contributed by atoms with E-state index in [9.17, 15) is 28.0 Å². The number of nitriles is 1. The van der Waals surface area contributed by atoms with Crippen LogP contribution in [0.5, 0.6) is 0 Å². The molecule has 12 heteroatoms. The molecule has 30 heavy (non-hydrogen) atoms. The van der Waals surface area contributed by atoms with Crippen molar-refractivity contribution in [3.8, 4) is 11.8 Å². The Morgan fingerprint density at radius 3 is 2.50 bits per heavy atom. The van der Waals surface area contributed by atoms with Gasteiger partial charge >= 0.3 is 12.2 Å².